The van der Waals surface area contributed by atoms with Crippen molar-refractivity contribution in [1.82, 2.24) is 9.55 Å². The van der Waals surface area contributed by atoms with Gasteiger partial charge >= 0.3 is 0 Å². The molecule has 0 aliphatic rings. The van der Waals surface area contributed by atoms with Crippen molar-refractivity contribution in [2.24, 2.45) is 0 Å². The fourth-order valence-corrected chi connectivity index (χ4v) is 3.68. The van der Waals surface area contributed by atoms with Crippen LogP contribution in [0.15, 0.2) is 89.7 Å². The molecule has 4 rings (SSSR count). The van der Waals surface area contributed by atoms with Gasteiger partial charge in [0.25, 0.3) is 5.56 Å². The Labute approximate surface area is 176 Å². The Morgan fingerprint density at radius 2 is 1.43 bits per heavy atom. The molecule has 0 radical (unpaired) electrons. The number of hydrogen-bond acceptors (Lipinski definition) is 3. The monoisotopic (exact) mass is 395 g/mol. The van der Waals surface area contributed by atoms with E-state index < -0.39 is 0 Å². The Morgan fingerprint density at radius 1 is 0.833 bits per heavy atom. The zero-order chi connectivity index (χ0) is 20.9. The summed E-state index contributed by atoms with van der Waals surface area (Å²) < 4.78 is 1.72. The Bertz CT molecular complexity index is 1200. The van der Waals surface area contributed by atoms with Gasteiger partial charge in [-0.15, -0.1) is 0 Å². The quantitative estimate of drug-likeness (QED) is 0.518. The molecule has 0 atom stereocenters. The molecular formula is C26H25N3O. The molecule has 0 spiro atoms. The molecule has 0 fully saturated rings. The Hall–Kier alpha value is -3.66. The molecule has 0 aliphatic carbocycles. The second kappa shape index (κ2) is 8.78. The minimum absolute atomic E-state index is 0.178. The van der Waals surface area contributed by atoms with E-state index in [-0.39, 0.29) is 11.2 Å². The highest BCUT2D eigenvalue weighted by Crippen LogP contribution is 2.25. The number of nitrogens with zero attached hydrogens (tertiary/aromatic N) is 2. The molecule has 1 aromatic heterocycles. The van der Waals surface area contributed by atoms with Crippen molar-refractivity contribution in [3.63, 3.8) is 0 Å². The van der Waals surface area contributed by atoms with E-state index in [0.717, 1.165) is 24.0 Å². The summed E-state index contributed by atoms with van der Waals surface area (Å²) in [6, 6.07) is 28.6. The summed E-state index contributed by atoms with van der Waals surface area (Å²) in [6.45, 7) is 2.32. The van der Waals surface area contributed by atoms with Gasteiger partial charge in [-0.25, -0.2) is 4.98 Å². The summed E-state index contributed by atoms with van der Waals surface area (Å²) in [6.07, 6.45) is 1.51. The average Bonchev–Trinajstić information content (AvgIpc) is 2.78. The van der Waals surface area contributed by atoms with Gasteiger partial charge in [0.05, 0.1) is 5.69 Å². The van der Waals surface area contributed by atoms with E-state index in [2.05, 4.69) is 30.3 Å². The van der Waals surface area contributed by atoms with Crippen LogP contribution in [0.25, 0.3) is 11.4 Å². The molecule has 3 aromatic carbocycles. The number of hydrogen-bond donors (Lipinski definition) is 1. The highest BCUT2D eigenvalue weighted by atomic mass is 16.1. The topological polar surface area (TPSA) is 60.9 Å². The van der Waals surface area contributed by atoms with E-state index in [4.69, 9.17) is 10.7 Å². The molecular weight excluding hydrogens is 370 g/mol. The highest BCUT2D eigenvalue weighted by molar-refractivity contribution is 5.63. The molecule has 1 heterocycles. The Morgan fingerprint density at radius 3 is 2.13 bits per heavy atom. The van der Waals surface area contributed by atoms with Crippen molar-refractivity contribution in [3.8, 4) is 11.4 Å². The van der Waals surface area contributed by atoms with Crippen LogP contribution in [0, 0.1) is 6.92 Å². The molecule has 0 unspecified atom stereocenters. The summed E-state index contributed by atoms with van der Waals surface area (Å²) in [5.41, 5.74) is 11.2. The Balaban J connectivity index is 1.78. The smallest absolute Gasteiger partial charge is 0.277 e. The lowest BCUT2D eigenvalue weighted by Gasteiger charge is -2.17. The minimum atomic E-state index is -0.178. The van der Waals surface area contributed by atoms with Gasteiger partial charge in [-0.1, -0.05) is 84.9 Å². The largest absolute Gasteiger partial charge is 0.393 e. The molecule has 150 valence electrons. The number of aryl methyl sites for hydroxylation is 2. The maximum Gasteiger partial charge on any atom is 0.277 e. The normalized spacial score (nSPS) is 10.8. The van der Waals surface area contributed by atoms with Crippen LogP contribution in [-0.2, 0) is 19.4 Å². The fraction of sp³-hybridized carbons (Fsp3) is 0.154. The van der Waals surface area contributed by atoms with E-state index in [1.54, 1.807) is 11.5 Å². The molecule has 0 aliphatic heterocycles. The number of rotatable bonds is 6. The van der Waals surface area contributed by atoms with Crippen LogP contribution in [0.1, 0.15) is 22.4 Å². The number of anilines is 1. The maximum absolute atomic E-state index is 13.1. The maximum atomic E-state index is 13.1. The van der Waals surface area contributed by atoms with E-state index in [9.17, 15) is 4.79 Å². The van der Waals surface area contributed by atoms with Crippen molar-refractivity contribution in [2.45, 2.75) is 26.3 Å². The molecule has 4 nitrogen and oxygen atoms in total. The van der Waals surface area contributed by atoms with E-state index >= 15 is 0 Å². The third kappa shape index (κ3) is 4.18. The second-order valence-corrected chi connectivity index (χ2v) is 7.45. The third-order valence-electron chi connectivity index (χ3n) is 5.36. The van der Waals surface area contributed by atoms with Crippen LogP contribution in [0.2, 0.25) is 0 Å². The van der Waals surface area contributed by atoms with E-state index in [1.165, 1.54) is 11.1 Å². The van der Waals surface area contributed by atoms with Crippen LogP contribution in [0.4, 0.5) is 5.69 Å². The van der Waals surface area contributed by atoms with Gasteiger partial charge in [0.2, 0.25) is 0 Å². The first kappa shape index (κ1) is 19.6. The van der Waals surface area contributed by atoms with Crippen molar-refractivity contribution in [3.05, 3.63) is 118 Å². The van der Waals surface area contributed by atoms with Crippen LogP contribution in [-0.4, -0.2) is 9.55 Å². The lowest BCUT2D eigenvalue weighted by molar-refractivity contribution is 0.662. The molecule has 0 saturated carbocycles. The van der Waals surface area contributed by atoms with Crippen molar-refractivity contribution in [1.29, 1.82) is 0 Å². The van der Waals surface area contributed by atoms with Gasteiger partial charge < -0.3 is 5.73 Å². The highest BCUT2D eigenvalue weighted by Gasteiger charge is 2.16. The summed E-state index contributed by atoms with van der Waals surface area (Å²) in [7, 11) is 0. The minimum Gasteiger partial charge on any atom is -0.393 e. The molecule has 0 saturated heterocycles. The van der Waals surface area contributed by atoms with Crippen molar-refractivity contribution < 1.29 is 0 Å². The van der Waals surface area contributed by atoms with Crippen LogP contribution in [0.5, 0.6) is 0 Å². The van der Waals surface area contributed by atoms with Gasteiger partial charge in [-0.05, 0) is 36.5 Å². The summed E-state index contributed by atoms with van der Waals surface area (Å²) in [5, 5.41) is 0. The molecule has 0 bridgehead atoms. The van der Waals surface area contributed by atoms with Gasteiger partial charge in [0, 0.05) is 12.1 Å². The van der Waals surface area contributed by atoms with Crippen LogP contribution in [0.3, 0.4) is 0 Å². The number of aromatic nitrogens is 2. The number of nitrogens with two attached hydrogens (primary N) is 1. The lowest BCUT2D eigenvalue weighted by atomic mass is 9.99. The second-order valence-electron chi connectivity index (χ2n) is 7.45. The van der Waals surface area contributed by atoms with E-state index in [1.807, 2.05) is 54.6 Å². The third-order valence-corrected chi connectivity index (χ3v) is 5.36. The average molecular weight is 396 g/mol. The van der Waals surface area contributed by atoms with Gasteiger partial charge in [0.15, 0.2) is 0 Å². The predicted molar refractivity (Wildman–Crippen MR) is 122 cm³/mol. The molecule has 0 amide bonds. The van der Waals surface area contributed by atoms with E-state index in [0.29, 0.717) is 18.1 Å². The lowest BCUT2D eigenvalue weighted by Crippen LogP contribution is -2.28. The first-order chi connectivity index (χ1) is 14.6. The van der Waals surface area contributed by atoms with Gasteiger partial charge in [-0.3, -0.25) is 9.36 Å². The SMILES string of the molecule is Cc1nc(-c2ccccc2Cc2ccccc2)n(CCc2ccccc2)c(=O)c1N. The van der Waals surface area contributed by atoms with Crippen molar-refractivity contribution in [2.75, 3.05) is 5.73 Å². The number of benzene rings is 3. The molecule has 2 N–H and O–H groups in total. The van der Waals surface area contributed by atoms with Gasteiger partial charge in [-0.2, -0.15) is 0 Å². The predicted octanol–water partition coefficient (Wildman–Crippen LogP) is 4.63. The van der Waals surface area contributed by atoms with Crippen molar-refractivity contribution >= 4 is 5.69 Å². The number of nitrogen functional groups attached to an aromatic ring is 1. The summed E-state index contributed by atoms with van der Waals surface area (Å²) in [4.78, 5) is 17.8. The van der Waals surface area contributed by atoms with Crippen LogP contribution >= 0.6 is 0 Å². The standard InChI is InChI=1S/C26H25N3O/c1-19-24(27)26(30)29(17-16-20-10-4-2-5-11-20)25(28-19)23-15-9-8-14-22(23)18-21-12-6-3-7-13-21/h2-15H,16-18,27H2,1H3. The zero-order valence-electron chi connectivity index (χ0n) is 17.1. The Kier molecular flexibility index (Phi) is 5.75. The summed E-state index contributed by atoms with van der Waals surface area (Å²) >= 11 is 0. The summed E-state index contributed by atoms with van der Waals surface area (Å²) in [5.74, 6) is 0.675. The molecule has 4 heteroatoms. The first-order valence-electron chi connectivity index (χ1n) is 10.2. The van der Waals surface area contributed by atoms with Gasteiger partial charge in [0.1, 0.15) is 11.5 Å². The first-order valence-corrected chi connectivity index (χ1v) is 10.2. The fourth-order valence-electron chi connectivity index (χ4n) is 3.68. The molecule has 4 aromatic rings. The zero-order valence-corrected chi connectivity index (χ0v) is 17.1. The van der Waals surface area contributed by atoms with Crippen LogP contribution < -0.4 is 11.3 Å². The molecule has 30 heavy (non-hydrogen) atoms.